The molecule has 1 aliphatic heterocycles. The zero-order valence-corrected chi connectivity index (χ0v) is 10.7. The van der Waals surface area contributed by atoms with Crippen LogP contribution in [0.1, 0.15) is 30.4 Å². The Morgan fingerprint density at radius 1 is 1.28 bits per heavy atom. The molecule has 0 spiro atoms. The van der Waals surface area contributed by atoms with E-state index in [0.717, 1.165) is 25.1 Å². The molecule has 1 atom stereocenters. The lowest BCUT2D eigenvalue weighted by atomic mass is 9.90. The van der Waals surface area contributed by atoms with Crippen LogP contribution in [-0.4, -0.2) is 12.5 Å². The molecule has 0 radical (unpaired) electrons. The van der Waals surface area contributed by atoms with Gasteiger partial charge >= 0.3 is 0 Å². The molecule has 0 N–H and O–H groups in total. The fourth-order valence-electron chi connectivity index (χ4n) is 3.14. The summed E-state index contributed by atoms with van der Waals surface area (Å²) in [6.45, 7) is 4.62. The zero-order valence-electron chi connectivity index (χ0n) is 10.7. The van der Waals surface area contributed by atoms with Gasteiger partial charge in [0.15, 0.2) is 0 Å². The number of hydrogen-bond acceptors (Lipinski definition) is 1. The predicted molar refractivity (Wildman–Crippen MR) is 73.7 cm³/mol. The third-order valence-electron chi connectivity index (χ3n) is 4.15. The standard InChI is InChI=1S/C16H19NO/c1-2-12-10-16(18)17(11-12)15-9-5-7-13-6-3-4-8-14(13)15/h2,5,7,9,12H,1,3-4,6,8,10-11H2. The summed E-state index contributed by atoms with van der Waals surface area (Å²) in [4.78, 5) is 14.1. The van der Waals surface area contributed by atoms with Crippen molar-refractivity contribution in [3.05, 3.63) is 42.0 Å². The van der Waals surface area contributed by atoms with E-state index in [1.165, 1.54) is 24.0 Å². The number of rotatable bonds is 2. The van der Waals surface area contributed by atoms with Gasteiger partial charge < -0.3 is 4.90 Å². The number of benzene rings is 1. The first kappa shape index (κ1) is 11.5. The SMILES string of the molecule is C=CC1CC(=O)N(c2cccc3c2CCCC3)C1. The molecule has 2 aliphatic rings. The van der Waals surface area contributed by atoms with Gasteiger partial charge in [-0.15, -0.1) is 6.58 Å². The Morgan fingerprint density at radius 3 is 2.89 bits per heavy atom. The maximum atomic E-state index is 12.1. The average Bonchev–Trinajstić information content (AvgIpc) is 2.79. The van der Waals surface area contributed by atoms with Crippen molar-refractivity contribution in [2.24, 2.45) is 5.92 Å². The molecule has 3 rings (SSSR count). The van der Waals surface area contributed by atoms with Crippen LogP contribution in [0.5, 0.6) is 0 Å². The topological polar surface area (TPSA) is 20.3 Å². The number of carbonyl (C=O) groups excluding carboxylic acids is 1. The van der Waals surface area contributed by atoms with E-state index < -0.39 is 0 Å². The monoisotopic (exact) mass is 241 g/mol. The molecule has 1 unspecified atom stereocenters. The lowest BCUT2D eigenvalue weighted by Crippen LogP contribution is -2.26. The molecule has 0 aromatic heterocycles. The lowest BCUT2D eigenvalue weighted by Gasteiger charge is -2.25. The minimum atomic E-state index is 0.249. The third-order valence-corrected chi connectivity index (χ3v) is 4.15. The van der Waals surface area contributed by atoms with Gasteiger partial charge in [0, 0.05) is 24.6 Å². The maximum absolute atomic E-state index is 12.1. The molecule has 1 aliphatic carbocycles. The fraction of sp³-hybridized carbons (Fsp3) is 0.438. The van der Waals surface area contributed by atoms with Gasteiger partial charge in [-0.3, -0.25) is 4.79 Å². The molecule has 1 heterocycles. The smallest absolute Gasteiger partial charge is 0.227 e. The Bertz CT molecular complexity index is 492. The second kappa shape index (κ2) is 4.60. The molecule has 1 saturated heterocycles. The van der Waals surface area contributed by atoms with Gasteiger partial charge in [-0.2, -0.15) is 0 Å². The molecule has 0 saturated carbocycles. The zero-order chi connectivity index (χ0) is 12.5. The molecule has 94 valence electrons. The van der Waals surface area contributed by atoms with E-state index in [1.54, 1.807) is 0 Å². The Morgan fingerprint density at radius 2 is 2.11 bits per heavy atom. The van der Waals surface area contributed by atoms with Crippen molar-refractivity contribution in [1.82, 2.24) is 0 Å². The van der Waals surface area contributed by atoms with E-state index >= 15 is 0 Å². The number of fused-ring (bicyclic) bond motifs is 1. The lowest BCUT2D eigenvalue weighted by molar-refractivity contribution is -0.117. The number of nitrogens with zero attached hydrogens (tertiary/aromatic N) is 1. The van der Waals surface area contributed by atoms with Crippen LogP contribution in [0.15, 0.2) is 30.9 Å². The van der Waals surface area contributed by atoms with Crippen LogP contribution in [0.3, 0.4) is 0 Å². The maximum Gasteiger partial charge on any atom is 0.227 e. The van der Waals surface area contributed by atoms with Gasteiger partial charge in [-0.05, 0) is 42.9 Å². The van der Waals surface area contributed by atoms with Crippen LogP contribution >= 0.6 is 0 Å². The van der Waals surface area contributed by atoms with Crippen LogP contribution in [0.4, 0.5) is 5.69 Å². The van der Waals surface area contributed by atoms with Crippen molar-refractivity contribution in [3.8, 4) is 0 Å². The predicted octanol–water partition coefficient (Wildman–Crippen LogP) is 3.10. The van der Waals surface area contributed by atoms with E-state index in [1.807, 2.05) is 11.0 Å². The van der Waals surface area contributed by atoms with Crippen molar-refractivity contribution in [2.45, 2.75) is 32.1 Å². The van der Waals surface area contributed by atoms with E-state index in [2.05, 4.69) is 24.8 Å². The summed E-state index contributed by atoms with van der Waals surface area (Å²) in [6.07, 6.45) is 7.33. The molecule has 2 nitrogen and oxygen atoms in total. The average molecular weight is 241 g/mol. The first-order valence-electron chi connectivity index (χ1n) is 6.83. The summed E-state index contributed by atoms with van der Waals surface area (Å²) in [5.41, 5.74) is 4.00. The Kier molecular flexibility index (Phi) is 2.94. The van der Waals surface area contributed by atoms with Crippen LogP contribution in [0.2, 0.25) is 0 Å². The minimum Gasteiger partial charge on any atom is -0.312 e. The summed E-state index contributed by atoms with van der Waals surface area (Å²) in [6, 6.07) is 6.41. The van der Waals surface area contributed by atoms with E-state index in [-0.39, 0.29) is 5.91 Å². The van der Waals surface area contributed by atoms with Crippen molar-refractivity contribution in [2.75, 3.05) is 11.4 Å². The molecule has 1 aromatic rings. The van der Waals surface area contributed by atoms with Crippen LogP contribution in [0, 0.1) is 5.92 Å². The highest BCUT2D eigenvalue weighted by molar-refractivity contribution is 5.96. The normalized spacial score (nSPS) is 23.0. The summed E-state index contributed by atoms with van der Waals surface area (Å²) in [5.74, 6) is 0.566. The second-order valence-corrected chi connectivity index (χ2v) is 5.33. The highest BCUT2D eigenvalue weighted by Crippen LogP contribution is 2.33. The number of carbonyl (C=O) groups is 1. The minimum absolute atomic E-state index is 0.249. The van der Waals surface area contributed by atoms with Gasteiger partial charge in [0.25, 0.3) is 0 Å². The Labute approximate surface area is 108 Å². The van der Waals surface area contributed by atoms with Crippen molar-refractivity contribution >= 4 is 11.6 Å². The first-order valence-corrected chi connectivity index (χ1v) is 6.83. The molecule has 1 fully saturated rings. The van der Waals surface area contributed by atoms with Gasteiger partial charge in [0.05, 0.1) is 0 Å². The Balaban J connectivity index is 1.97. The molecule has 1 aromatic carbocycles. The largest absolute Gasteiger partial charge is 0.312 e. The third kappa shape index (κ3) is 1.86. The van der Waals surface area contributed by atoms with Gasteiger partial charge in [-0.1, -0.05) is 18.2 Å². The van der Waals surface area contributed by atoms with Crippen molar-refractivity contribution in [1.29, 1.82) is 0 Å². The molecule has 2 heteroatoms. The number of hydrogen-bond donors (Lipinski definition) is 0. The highest BCUT2D eigenvalue weighted by Gasteiger charge is 2.30. The molecular formula is C16H19NO. The quantitative estimate of drug-likeness (QED) is 0.729. The number of aryl methyl sites for hydroxylation is 1. The van der Waals surface area contributed by atoms with E-state index in [9.17, 15) is 4.79 Å². The van der Waals surface area contributed by atoms with Crippen molar-refractivity contribution < 1.29 is 4.79 Å². The Hall–Kier alpha value is -1.57. The van der Waals surface area contributed by atoms with E-state index in [0.29, 0.717) is 12.3 Å². The number of amides is 1. The van der Waals surface area contributed by atoms with Crippen LogP contribution in [-0.2, 0) is 17.6 Å². The van der Waals surface area contributed by atoms with Crippen LogP contribution < -0.4 is 4.90 Å². The summed E-state index contributed by atoms with van der Waals surface area (Å²) in [7, 11) is 0. The molecule has 1 amide bonds. The molecule has 18 heavy (non-hydrogen) atoms. The van der Waals surface area contributed by atoms with E-state index in [4.69, 9.17) is 0 Å². The first-order chi connectivity index (χ1) is 8.79. The number of anilines is 1. The summed E-state index contributed by atoms with van der Waals surface area (Å²) >= 11 is 0. The van der Waals surface area contributed by atoms with Crippen LogP contribution in [0.25, 0.3) is 0 Å². The summed E-state index contributed by atoms with van der Waals surface area (Å²) < 4.78 is 0. The molecule has 0 bridgehead atoms. The van der Waals surface area contributed by atoms with Gasteiger partial charge in [0.1, 0.15) is 0 Å². The van der Waals surface area contributed by atoms with Gasteiger partial charge in [-0.25, -0.2) is 0 Å². The summed E-state index contributed by atoms with van der Waals surface area (Å²) in [5, 5.41) is 0. The van der Waals surface area contributed by atoms with Crippen molar-refractivity contribution in [3.63, 3.8) is 0 Å². The highest BCUT2D eigenvalue weighted by atomic mass is 16.2. The fourth-order valence-corrected chi connectivity index (χ4v) is 3.14. The second-order valence-electron chi connectivity index (χ2n) is 5.33. The van der Waals surface area contributed by atoms with Gasteiger partial charge in [0.2, 0.25) is 5.91 Å². The molecular weight excluding hydrogens is 222 g/mol.